The number of phenolic OH excluding ortho intramolecular Hbond substituents is 2. The molecule has 0 aliphatic rings. The molecular formula is C106H113Cl4FN12O21P3+. The number of nitrogens with zero attached hydrogens (tertiary/aromatic N) is 9. The number of rotatable bonds is 40. The number of phenols is 2. The van der Waals surface area contributed by atoms with E-state index in [1.807, 2.05) is 239 Å². The van der Waals surface area contributed by atoms with E-state index in [9.17, 15) is 62.5 Å². The van der Waals surface area contributed by atoms with Crippen LogP contribution < -0.4 is 35.6 Å². The molecule has 0 saturated heterocycles. The third-order valence-corrected chi connectivity index (χ3v) is 24.5. The van der Waals surface area contributed by atoms with Gasteiger partial charge in [0.2, 0.25) is 0 Å². The normalized spacial score (nSPS) is 11.0. The molecule has 33 nitrogen and oxygen atoms in total. The minimum atomic E-state index is -5.05. The van der Waals surface area contributed by atoms with Gasteiger partial charge in [-0.3, -0.25) is 37.9 Å². The van der Waals surface area contributed by atoms with Crippen molar-refractivity contribution in [3.63, 3.8) is 0 Å². The lowest BCUT2D eigenvalue weighted by molar-refractivity contribution is 0.0780. The highest BCUT2D eigenvalue weighted by atomic mass is 35.6. The van der Waals surface area contributed by atoms with Gasteiger partial charge in [0.25, 0.3) is 21.0 Å². The number of amides is 3. The molecule has 0 saturated carbocycles. The minimum Gasteiger partial charge on any atom is -0.507 e. The second kappa shape index (κ2) is 56.1. The average molecular weight is 2140 g/mol. The number of aromatic amines is 3. The Morgan fingerprint density at radius 3 is 0.980 bits per heavy atom. The molecule has 15 aromatic rings. The van der Waals surface area contributed by atoms with Gasteiger partial charge in [-0.1, -0.05) is 323 Å². The van der Waals surface area contributed by atoms with E-state index in [-0.39, 0.29) is 117 Å². The van der Waals surface area contributed by atoms with E-state index in [1.54, 1.807) is 86.4 Å². The fourth-order valence-electron chi connectivity index (χ4n) is 14.5. The Labute approximate surface area is 869 Å². The molecule has 0 radical (unpaired) electrons. The predicted octanol–water partition coefficient (Wildman–Crippen LogP) is 23.0. The molecule has 0 unspecified atom stereocenters. The molecule has 0 aliphatic heterocycles. The number of ether oxygens (including phenoxy) is 2. The largest absolute Gasteiger partial charge is 0.698 e. The fourth-order valence-corrected chi connectivity index (χ4v) is 16.7. The lowest BCUT2D eigenvalue weighted by atomic mass is 10.1. The molecule has 7 N–H and O–H groups in total. The van der Waals surface area contributed by atoms with Crippen LogP contribution in [0.3, 0.4) is 0 Å². The highest BCUT2D eigenvalue weighted by molar-refractivity contribution is 7.49. The van der Waals surface area contributed by atoms with Crippen LogP contribution in [-0.4, -0.2) is 141 Å². The molecule has 0 atom stereocenters. The average Bonchev–Trinajstić information content (AvgIpc) is 1.61. The zero-order chi connectivity index (χ0) is 105. The molecule has 147 heavy (non-hydrogen) atoms. The second-order valence-corrected chi connectivity index (χ2v) is 40.2. The summed E-state index contributed by atoms with van der Waals surface area (Å²) in [5, 5.41) is 41.4. The van der Waals surface area contributed by atoms with E-state index in [0.717, 1.165) is 94.7 Å². The number of hydrogen-bond acceptors (Lipinski definition) is 22. The van der Waals surface area contributed by atoms with Gasteiger partial charge in [0.1, 0.15) is 60.9 Å². The molecule has 3 aromatic heterocycles. The smallest absolute Gasteiger partial charge is 0.507 e. The summed E-state index contributed by atoms with van der Waals surface area (Å²) in [6, 6.07) is 86.6. The highest BCUT2D eigenvalue weighted by Gasteiger charge is 2.36. The first-order chi connectivity index (χ1) is 70.0. The van der Waals surface area contributed by atoms with E-state index < -0.39 is 61.6 Å². The number of phosphoric ester groups is 2. The summed E-state index contributed by atoms with van der Waals surface area (Å²) in [6.07, 6.45) is 5.11. The third-order valence-electron chi connectivity index (χ3n) is 22.1. The molecule has 0 bridgehead atoms. The van der Waals surface area contributed by atoms with Crippen molar-refractivity contribution in [2.24, 2.45) is 0 Å². The Kier molecular flexibility index (Phi) is 43.9. The summed E-state index contributed by atoms with van der Waals surface area (Å²) >= 11 is 19.3. The van der Waals surface area contributed by atoms with Crippen LogP contribution in [0.2, 0.25) is 0 Å². The van der Waals surface area contributed by atoms with Crippen LogP contribution in [-0.2, 0) is 71.4 Å². The van der Waals surface area contributed by atoms with E-state index in [4.69, 9.17) is 83.0 Å². The summed E-state index contributed by atoms with van der Waals surface area (Å²) in [5.74, 6) is -1.54. The maximum Gasteiger partial charge on any atom is 0.698 e. The Bertz CT molecular complexity index is 7050. The lowest BCUT2D eigenvalue weighted by Crippen LogP contribution is -2.28. The van der Waals surface area contributed by atoms with E-state index in [0.29, 0.717) is 49.9 Å². The topological polar surface area (TPSA) is 419 Å². The standard InChI is InChI=1S/C42H43N4O7P.C28H30N4O4.C21H25N4O7P.C14H14O3P.CCl4.FH/c1-4-5-25-45(3)41(47)36-26-35(40-43-44-42(48)46(40)37-24-16-15-17-31(37)2)39(27-38(36)50-28-32-18-9-6-10-19-32)53-54(49,51-29-33-20-11-7-12-21-33)52-30-34-22-13-8-14-23-34;1-4-5-15-31(3)27(34)22-16-21(24(33)17-25(22)36-18-20-12-7-6-8-13-20)26-29-30-28(35)32(26)23-14-10-9-11-19(23)2;1-4-5-10-24(3)20(27)14-11-15(18(12-17(14)26)32-33(29,30)31)19-22-23-21(28)25(19)16-9-7-6-8-13(16)2;15-18(16-11-13-7-3-1-4-8-13)17-12-14-9-5-2-6-10-14;2-1(3,4)5;/h6-24,26-27H,4-5,25,28-30H2,1-3H3,(H,44,48);6-14,16-17,33H,4-5,15,18H2,1-3H3,(H,30,35);6-9,11-12,26H,4-5,10H2,1-3H3,(H,23,28)(H2,29,30,31);1-10H,11-12H2;;1H/q;;;+1;;. The maximum absolute atomic E-state index is 14.8. The number of para-hydroxylation sites is 3. The minimum absolute atomic E-state index is 0. The molecule has 3 amide bonds. The number of alkyl halides is 4. The molecule has 0 fully saturated rings. The number of H-pyrrole nitrogens is 3. The Hall–Kier alpha value is -13.9. The van der Waals surface area contributed by atoms with Crippen LogP contribution in [0, 0.1) is 20.8 Å². The number of phosphoric acid groups is 2. The number of benzene rings is 12. The first kappa shape index (κ1) is 115. The van der Waals surface area contributed by atoms with Crippen LogP contribution in [0.15, 0.2) is 306 Å². The van der Waals surface area contributed by atoms with Crippen molar-refractivity contribution in [1.29, 1.82) is 0 Å². The van der Waals surface area contributed by atoms with Crippen LogP contribution in [0.25, 0.3) is 51.2 Å². The maximum atomic E-state index is 14.8. The van der Waals surface area contributed by atoms with E-state index >= 15 is 0 Å². The van der Waals surface area contributed by atoms with Gasteiger partial charge < -0.3 is 43.4 Å². The van der Waals surface area contributed by atoms with E-state index in [2.05, 4.69) is 44.4 Å². The van der Waals surface area contributed by atoms with Crippen molar-refractivity contribution >= 4 is 88.0 Å². The number of aryl methyl sites for hydroxylation is 3. The molecule has 0 aliphatic carbocycles. The van der Waals surface area contributed by atoms with Crippen molar-refractivity contribution in [1.82, 2.24) is 59.0 Å². The fraction of sp³-hybridized carbons (Fsp3) is 0.236. The number of aromatic nitrogens is 9. The predicted molar refractivity (Wildman–Crippen MR) is 566 cm³/mol. The number of aromatic hydroxyl groups is 2. The second-order valence-electron chi connectivity index (χ2n) is 33.1. The lowest BCUT2D eigenvalue weighted by Gasteiger charge is -2.23. The van der Waals surface area contributed by atoms with Gasteiger partial charge in [-0.05, 0) is 127 Å². The SMILES string of the molecule is CCCCN(C)C(=O)c1cc(-c2n[nH]c(=O)n2-c2ccccc2C)c(O)cc1OCc1ccccc1.CCCCN(C)C(=O)c1cc(-c2n[nH]c(=O)n2-c2ccccc2C)c(OP(=O)(O)O)cc1O.CCCCN(C)C(=O)c1cc(-c2n[nH]c(=O)n2-c2ccccc2C)c(OP(=O)(OCc2ccccc2)OCc2ccccc2)cc1OCc1ccccc1.ClC(Cl)(Cl)Cl.F.O=[P+](OCc1ccccc1)OCc1ccccc1. The molecule has 772 valence electrons. The van der Waals surface area contributed by atoms with Gasteiger partial charge in [0, 0.05) is 63.5 Å². The van der Waals surface area contributed by atoms with E-state index in [1.165, 1.54) is 36.8 Å². The monoisotopic (exact) mass is 2140 g/mol. The molecule has 12 aromatic carbocycles. The zero-order valence-corrected chi connectivity index (χ0v) is 87.5. The third kappa shape index (κ3) is 34.1. The zero-order valence-electron chi connectivity index (χ0n) is 81.8. The van der Waals surface area contributed by atoms with Gasteiger partial charge in [0.05, 0.1) is 63.7 Å². The van der Waals surface area contributed by atoms with Crippen molar-refractivity contribution in [2.75, 3.05) is 40.8 Å². The highest BCUT2D eigenvalue weighted by Crippen LogP contribution is 2.54. The van der Waals surface area contributed by atoms with Crippen molar-refractivity contribution in [3.05, 3.63) is 389 Å². The van der Waals surface area contributed by atoms with Gasteiger partial charge in [0.15, 0.2) is 17.5 Å². The Morgan fingerprint density at radius 1 is 0.381 bits per heavy atom. The summed E-state index contributed by atoms with van der Waals surface area (Å²) in [4.78, 5) is 103. The molecular weight excluding hydrogens is 2030 g/mol. The number of carbonyl (C=O) groups excluding carboxylic acids is 3. The summed E-state index contributed by atoms with van der Waals surface area (Å²) in [6.45, 7) is 13.9. The first-order valence-corrected chi connectivity index (χ1v) is 51.8. The van der Waals surface area contributed by atoms with Crippen LogP contribution in [0.1, 0.15) is 140 Å². The summed E-state index contributed by atoms with van der Waals surface area (Å²) in [7, 11) is -6.54. The van der Waals surface area contributed by atoms with Crippen molar-refractivity contribution < 1.29 is 89.4 Å². The number of halogens is 5. The molecule has 3 heterocycles. The Morgan fingerprint density at radius 2 is 0.653 bits per heavy atom. The van der Waals surface area contributed by atoms with Gasteiger partial charge in [-0.25, -0.2) is 52.5 Å². The van der Waals surface area contributed by atoms with Crippen molar-refractivity contribution in [2.45, 2.75) is 123 Å². The van der Waals surface area contributed by atoms with Crippen LogP contribution >= 0.6 is 70.3 Å². The molecule has 15 rings (SSSR count). The number of carbonyl (C=O) groups is 3. The number of hydrogen-bond donors (Lipinski definition) is 7. The summed E-state index contributed by atoms with van der Waals surface area (Å²) in [5.41, 5.74) is 8.41. The molecule has 41 heteroatoms. The quantitative estimate of drug-likeness (QED) is 0.0138. The van der Waals surface area contributed by atoms with Gasteiger partial charge in [-0.2, -0.15) is 15.3 Å². The number of nitrogens with one attached hydrogen (secondary N) is 3. The van der Waals surface area contributed by atoms with Crippen LogP contribution in [0.5, 0.6) is 34.5 Å². The Balaban J connectivity index is 0.000000208. The first-order valence-electron chi connectivity index (χ1n) is 46.2. The van der Waals surface area contributed by atoms with Gasteiger partial charge >= 0.3 is 41.0 Å². The van der Waals surface area contributed by atoms with Gasteiger partial charge in [-0.15, -0.1) is 9.05 Å². The number of unbranched alkanes of at least 4 members (excludes halogenated alkanes) is 3. The molecule has 0 spiro atoms. The van der Waals surface area contributed by atoms with Crippen LogP contribution in [0.4, 0.5) is 4.70 Å². The van der Waals surface area contributed by atoms with Crippen molar-refractivity contribution in [3.8, 4) is 85.7 Å². The summed E-state index contributed by atoms with van der Waals surface area (Å²) < 4.78 is 86.0.